The molecule has 1 unspecified atom stereocenters. The van der Waals surface area contributed by atoms with Crippen LogP contribution in [0.4, 0.5) is 0 Å². The lowest BCUT2D eigenvalue weighted by Crippen LogP contribution is -2.15. The minimum absolute atomic E-state index is 0.118. The van der Waals surface area contributed by atoms with Crippen molar-refractivity contribution in [1.29, 1.82) is 0 Å². The van der Waals surface area contributed by atoms with E-state index in [0.717, 1.165) is 5.69 Å². The average Bonchev–Trinajstić information content (AvgIpc) is 2.49. The first-order valence-corrected chi connectivity index (χ1v) is 6.33. The van der Waals surface area contributed by atoms with E-state index in [1.165, 1.54) is 16.3 Å². The fourth-order valence-electron chi connectivity index (χ4n) is 2.36. The number of rotatable bonds is 3. The Balaban J connectivity index is 2.06. The van der Waals surface area contributed by atoms with Gasteiger partial charge < -0.3 is 5.73 Å². The van der Waals surface area contributed by atoms with Crippen LogP contribution in [0.15, 0.2) is 61.1 Å². The molecule has 0 aliphatic rings. The van der Waals surface area contributed by atoms with Crippen molar-refractivity contribution in [2.24, 2.45) is 5.73 Å². The largest absolute Gasteiger partial charge is 0.329 e. The number of hydrogen-bond donors (Lipinski definition) is 1. The Morgan fingerprint density at radius 2 is 1.84 bits per heavy atom. The number of nitrogens with zero attached hydrogens (tertiary/aromatic N) is 2. The summed E-state index contributed by atoms with van der Waals surface area (Å²) in [5.74, 6) is 0.118. The molecule has 0 aliphatic carbocycles. The fraction of sp³-hybridized carbons (Fsp3) is 0.125. The third-order valence-electron chi connectivity index (χ3n) is 3.37. The van der Waals surface area contributed by atoms with Gasteiger partial charge in [0.25, 0.3) is 0 Å². The van der Waals surface area contributed by atoms with Crippen molar-refractivity contribution in [2.45, 2.75) is 5.92 Å². The van der Waals surface area contributed by atoms with Crippen molar-refractivity contribution >= 4 is 10.8 Å². The minimum Gasteiger partial charge on any atom is -0.329 e. The lowest BCUT2D eigenvalue weighted by atomic mass is 9.93. The lowest BCUT2D eigenvalue weighted by Gasteiger charge is -2.15. The summed E-state index contributed by atoms with van der Waals surface area (Å²) in [6.45, 7) is 0.537. The first-order valence-electron chi connectivity index (χ1n) is 6.33. The molecule has 1 atom stereocenters. The fourth-order valence-corrected chi connectivity index (χ4v) is 2.36. The van der Waals surface area contributed by atoms with E-state index in [1.54, 1.807) is 12.5 Å². The van der Waals surface area contributed by atoms with Crippen LogP contribution in [0.3, 0.4) is 0 Å². The lowest BCUT2D eigenvalue weighted by molar-refractivity contribution is 0.782. The second-order valence-electron chi connectivity index (χ2n) is 4.53. The van der Waals surface area contributed by atoms with Crippen LogP contribution < -0.4 is 5.73 Å². The summed E-state index contributed by atoms with van der Waals surface area (Å²) in [5.41, 5.74) is 8.08. The first kappa shape index (κ1) is 11.8. The quantitative estimate of drug-likeness (QED) is 0.776. The first-order chi connectivity index (χ1) is 9.38. The van der Waals surface area contributed by atoms with Crippen LogP contribution in [0.25, 0.3) is 10.8 Å². The van der Waals surface area contributed by atoms with E-state index in [4.69, 9.17) is 5.73 Å². The number of aromatic nitrogens is 2. The van der Waals surface area contributed by atoms with Crippen molar-refractivity contribution in [2.75, 3.05) is 6.54 Å². The SMILES string of the molecule is NCC(c1ccc2ccccc2c1)c1ccncn1. The molecule has 19 heavy (non-hydrogen) atoms. The Hall–Kier alpha value is -2.26. The van der Waals surface area contributed by atoms with Crippen LogP contribution in [0.1, 0.15) is 17.2 Å². The Labute approximate surface area is 112 Å². The van der Waals surface area contributed by atoms with Crippen LogP contribution in [0.2, 0.25) is 0 Å². The maximum atomic E-state index is 5.92. The summed E-state index contributed by atoms with van der Waals surface area (Å²) in [6, 6.07) is 16.7. The van der Waals surface area contributed by atoms with Gasteiger partial charge in [-0.2, -0.15) is 0 Å². The predicted molar refractivity (Wildman–Crippen MR) is 76.9 cm³/mol. The molecule has 0 fully saturated rings. The highest BCUT2D eigenvalue weighted by molar-refractivity contribution is 5.83. The van der Waals surface area contributed by atoms with Gasteiger partial charge in [-0.15, -0.1) is 0 Å². The van der Waals surface area contributed by atoms with Crippen molar-refractivity contribution in [3.8, 4) is 0 Å². The summed E-state index contributed by atoms with van der Waals surface area (Å²) >= 11 is 0. The molecule has 0 saturated carbocycles. The summed E-state index contributed by atoms with van der Waals surface area (Å²) < 4.78 is 0. The van der Waals surface area contributed by atoms with Gasteiger partial charge in [-0.05, 0) is 22.4 Å². The second-order valence-corrected chi connectivity index (χ2v) is 4.53. The molecule has 0 spiro atoms. The molecule has 1 aromatic heterocycles. The van der Waals surface area contributed by atoms with Crippen molar-refractivity contribution in [1.82, 2.24) is 9.97 Å². The topological polar surface area (TPSA) is 51.8 Å². The molecule has 3 rings (SSSR count). The smallest absolute Gasteiger partial charge is 0.115 e. The van der Waals surface area contributed by atoms with Crippen LogP contribution in [-0.4, -0.2) is 16.5 Å². The van der Waals surface area contributed by atoms with Crippen LogP contribution in [0.5, 0.6) is 0 Å². The highest BCUT2D eigenvalue weighted by atomic mass is 14.8. The molecule has 0 bridgehead atoms. The Kier molecular flexibility index (Phi) is 3.21. The van der Waals surface area contributed by atoms with Gasteiger partial charge in [0.1, 0.15) is 6.33 Å². The molecule has 1 heterocycles. The number of fused-ring (bicyclic) bond motifs is 1. The molecule has 3 aromatic rings. The molecular weight excluding hydrogens is 234 g/mol. The third kappa shape index (κ3) is 2.33. The van der Waals surface area contributed by atoms with Gasteiger partial charge in [0.15, 0.2) is 0 Å². The van der Waals surface area contributed by atoms with Gasteiger partial charge in [-0.1, -0.05) is 42.5 Å². The maximum Gasteiger partial charge on any atom is 0.115 e. The number of benzene rings is 2. The molecule has 3 nitrogen and oxygen atoms in total. The van der Waals surface area contributed by atoms with E-state index in [-0.39, 0.29) is 5.92 Å². The number of nitrogens with two attached hydrogens (primary N) is 1. The van der Waals surface area contributed by atoms with Crippen molar-refractivity contribution < 1.29 is 0 Å². The molecular formula is C16H15N3. The second kappa shape index (κ2) is 5.16. The Bertz CT molecular complexity index is 680. The van der Waals surface area contributed by atoms with E-state index < -0.39 is 0 Å². The van der Waals surface area contributed by atoms with Crippen LogP contribution in [-0.2, 0) is 0 Å². The molecule has 2 aromatic carbocycles. The van der Waals surface area contributed by atoms with E-state index in [1.807, 2.05) is 18.2 Å². The van der Waals surface area contributed by atoms with E-state index in [2.05, 4.69) is 40.3 Å². The highest BCUT2D eigenvalue weighted by Gasteiger charge is 2.13. The molecule has 3 heteroatoms. The third-order valence-corrected chi connectivity index (χ3v) is 3.37. The summed E-state index contributed by atoms with van der Waals surface area (Å²) in [6.07, 6.45) is 3.32. The van der Waals surface area contributed by atoms with E-state index in [9.17, 15) is 0 Å². The molecule has 0 saturated heterocycles. The average molecular weight is 249 g/mol. The molecule has 0 aliphatic heterocycles. The zero-order valence-electron chi connectivity index (χ0n) is 10.5. The molecule has 0 radical (unpaired) electrons. The van der Waals surface area contributed by atoms with Crippen molar-refractivity contribution in [3.05, 3.63) is 72.3 Å². The van der Waals surface area contributed by atoms with E-state index in [0.29, 0.717) is 6.54 Å². The zero-order valence-corrected chi connectivity index (χ0v) is 10.5. The summed E-state index contributed by atoms with van der Waals surface area (Å²) in [5, 5.41) is 2.47. The van der Waals surface area contributed by atoms with Gasteiger partial charge >= 0.3 is 0 Å². The van der Waals surface area contributed by atoms with Gasteiger partial charge in [0.05, 0.1) is 5.69 Å². The number of hydrogen-bond acceptors (Lipinski definition) is 3. The normalized spacial score (nSPS) is 12.5. The van der Waals surface area contributed by atoms with E-state index >= 15 is 0 Å². The molecule has 0 amide bonds. The van der Waals surface area contributed by atoms with Crippen LogP contribution >= 0.6 is 0 Å². The molecule has 2 N–H and O–H groups in total. The van der Waals surface area contributed by atoms with Gasteiger partial charge in [0, 0.05) is 18.7 Å². The Morgan fingerprint density at radius 1 is 1.00 bits per heavy atom. The zero-order chi connectivity index (χ0) is 13.1. The standard InChI is InChI=1S/C16H15N3/c17-10-15(16-7-8-18-11-19-16)14-6-5-12-3-1-2-4-13(12)9-14/h1-9,11,15H,10,17H2. The van der Waals surface area contributed by atoms with Gasteiger partial charge in [-0.25, -0.2) is 9.97 Å². The van der Waals surface area contributed by atoms with Crippen LogP contribution in [0, 0.1) is 0 Å². The summed E-state index contributed by atoms with van der Waals surface area (Å²) in [4.78, 5) is 8.27. The van der Waals surface area contributed by atoms with Crippen molar-refractivity contribution in [3.63, 3.8) is 0 Å². The Morgan fingerprint density at radius 3 is 2.58 bits per heavy atom. The minimum atomic E-state index is 0.118. The monoisotopic (exact) mass is 249 g/mol. The summed E-state index contributed by atoms with van der Waals surface area (Å²) in [7, 11) is 0. The highest BCUT2D eigenvalue weighted by Crippen LogP contribution is 2.25. The maximum absolute atomic E-state index is 5.92. The van der Waals surface area contributed by atoms with Gasteiger partial charge in [0.2, 0.25) is 0 Å². The molecule has 94 valence electrons. The van der Waals surface area contributed by atoms with Gasteiger partial charge in [-0.3, -0.25) is 0 Å². The predicted octanol–water partition coefficient (Wildman–Crippen LogP) is 2.72.